The van der Waals surface area contributed by atoms with E-state index in [4.69, 9.17) is 11.5 Å². The molecule has 4 aromatic carbocycles. The molecule has 0 radical (unpaired) electrons. The molecule has 194 valence electrons. The van der Waals surface area contributed by atoms with Crippen LogP contribution < -0.4 is 16.8 Å². The lowest BCUT2D eigenvalue weighted by Gasteiger charge is -2.23. The normalized spacial score (nSPS) is 11.2. The number of carbonyl (C=O) groups is 2. The van der Waals surface area contributed by atoms with Gasteiger partial charge in [0.2, 0.25) is 9.84 Å². The summed E-state index contributed by atoms with van der Waals surface area (Å²) >= 11 is 0. The number of amides is 1. The van der Waals surface area contributed by atoms with E-state index in [9.17, 15) is 23.1 Å². The Labute approximate surface area is 220 Å². The highest BCUT2D eigenvalue weighted by Gasteiger charge is 2.33. The Bertz CT molecular complexity index is 1570. The SMILES string of the molecule is Nc1c(C(=O)NCc2ccccc2)c(CCC(=O)O)c(-c2ccccc2)c(N)c1S(=O)(=O)c1ccccc1. The van der Waals surface area contributed by atoms with Gasteiger partial charge in [-0.25, -0.2) is 8.42 Å². The van der Waals surface area contributed by atoms with Crippen LogP contribution in [0.15, 0.2) is 101 Å². The summed E-state index contributed by atoms with van der Waals surface area (Å²) in [6, 6.07) is 25.5. The van der Waals surface area contributed by atoms with Gasteiger partial charge in [-0.2, -0.15) is 0 Å². The van der Waals surface area contributed by atoms with Crippen LogP contribution >= 0.6 is 0 Å². The third kappa shape index (κ3) is 5.37. The Morgan fingerprint density at radius 2 is 1.34 bits per heavy atom. The van der Waals surface area contributed by atoms with Gasteiger partial charge in [-0.05, 0) is 35.2 Å². The number of aliphatic carboxylic acids is 1. The van der Waals surface area contributed by atoms with Gasteiger partial charge in [0, 0.05) is 18.5 Å². The highest BCUT2D eigenvalue weighted by atomic mass is 32.2. The van der Waals surface area contributed by atoms with E-state index in [2.05, 4.69) is 5.32 Å². The predicted molar refractivity (Wildman–Crippen MR) is 146 cm³/mol. The highest BCUT2D eigenvalue weighted by molar-refractivity contribution is 7.91. The van der Waals surface area contributed by atoms with Gasteiger partial charge < -0.3 is 21.9 Å². The molecule has 0 atom stereocenters. The quantitative estimate of drug-likeness (QED) is 0.236. The van der Waals surface area contributed by atoms with Gasteiger partial charge >= 0.3 is 5.97 Å². The number of carbonyl (C=O) groups excluding carboxylic acids is 1. The van der Waals surface area contributed by atoms with Crippen LogP contribution in [0.4, 0.5) is 11.4 Å². The fourth-order valence-electron chi connectivity index (χ4n) is 4.37. The molecule has 4 rings (SSSR count). The highest BCUT2D eigenvalue weighted by Crippen LogP contribution is 2.44. The molecule has 38 heavy (non-hydrogen) atoms. The molecule has 0 heterocycles. The number of anilines is 2. The second-order valence-corrected chi connectivity index (χ2v) is 10.5. The summed E-state index contributed by atoms with van der Waals surface area (Å²) in [5, 5.41) is 12.2. The summed E-state index contributed by atoms with van der Waals surface area (Å²) < 4.78 is 27.6. The van der Waals surface area contributed by atoms with Gasteiger partial charge in [0.25, 0.3) is 5.91 Å². The molecule has 0 bridgehead atoms. The van der Waals surface area contributed by atoms with Crippen LogP contribution in [0, 0.1) is 0 Å². The van der Waals surface area contributed by atoms with E-state index in [1.54, 1.807) is 48.5 Å². The van der Waals surface area contributed by atoms with E-state index in [1.165, 1.54) is 12.1 Å². The van der Waals surface area contributed by atoms with Gasteiger partial charge in [0.05, 0.1) is 21.8 Å². The number of sulfone groups is 1. The lowest BCUT2D eigenvalue weighted by atomic mass is 9.89. The number of carboxylic acids is 1. The number of nitrogens with one attached hydrogen (secondary N) is 1. The van der Waals surface area contributed by atoms with Gasteiger partial charge in [0.15, 0.2) is 0 Å². The number of nitrogen functional groups attached to an aromatic ring is 2. The van der Waals surface area contributed by atoms with Crippen molar-refractivity contribution >= 4 is 33.1 Å². The molecule has 0 aliphatic carbocycles. The Kier molecular flexibility index (Phi) is 7.78. The lowest BCUT2D eigenvalue weighted by molar-refractivity contribution is -0.136. The Balaban J connectivity index is 2.00. The molecule has 0 aliphatic heterocycles. The zero-order chi connectivity index (χ0) is 27.3. The lowest BCUT2D eigenvalue weighted by Crippen LogP contribution is -2.27. The van der Waals surface area contributed by atoms with Crippen LogP contribution in [-0.4, -0.2) is 25.4 Å². The van der Waals surface area contributed by atoms with E-state index < -0.39 is 21.7 Å². The third-order valence-corrected chi connectivity index (χ3v) is 8.00. The molecule has 0 fully saturated rings. The fraction of sp³-hybridized carbons (Fsp3) is 0.103. The minimum atomic E-state index is -4.25. The zero-order valence-corrected chi connectivity index (χ0v) is 21.2. The van der Waals surface area contributed by atoms with Crippen molar-refractivity contribution in [2.75, 3.05) is 11.5 Å². The maximum atomic E-state index is 13.8. The van der Waals surface area contributed by atoms with Crippen molar-refractivity contribution in [3.8, 4) is 11.1 Å². The molecule has 1 amide bonds. The minimum Gasteiger partial charge on any atom is -0.481 e. The van der Waals surface area contributed by atoms with Crippen molar-refractivity contribution in [1.82, 2.24) is 5.32 Å². The van der Waals surface area contributed by atoms with Crippen molar-refractivity contribution in [2.24, 2.45) is 0 Å². The van der Waals surface area contributed by atoms with Crippen LogP contribution in [0.25, 0.3) is 11.1 Å². The number of hydrogen-bond acceptors (Lipinski definition) is 6. The third-order valence-electron chi connectivity index (χ3n) is 6.13. The summed E-state index contributed by atoms with van der Waals surface area (Å²) in [5.74, 6) is -1.72. The van der Waals surface area contributed by atoms with E-state index >= 15 is 0 Å². The fourth-order valence-corrected chi connectivity index (χ4v) is 5.91. The summed E-state index contributed by atoms with van der Waals surface area (Å²) in [7, 11) is -4.25. The van der Waals surface area contributed by atoms with E-state index in [0.717, 1.165) is 5.56 Å². The molecular formula is C29H27N3O5S. The number of benzene rings is 4. The summed E-state index contributed by atoms with van der Waals surface area (Å²) in [4.78, 5) is 24.8. The number of carboxylic acid groups (broad SMARTS) is 1. The topological polar surface area (TPSA) is 153 Å². The van der Waals surface area contributed by atoms with Crippen molar-refractivity contribution in [1.29, 1.82) is 0 Å². The maximum Gasteiger partial charge on any atom is 0.303 e. The van der Waals surface area contributed by atoms with Crippen molar-refractivity contribution in [3.63, 3.8) is 0 Å². The van der Waals surface area contributed by atoms with Crippen molar-refractivity contribution in [2.45, 2.75) is 29.2 Å². The number of rotatable bonds is 9. The zero-order valence-electron chi connectivity index (χ0n) is 20.4. The molecular weight excluding hydrogens is 502 g/mol. The first-order valence-electron chi connectivity index (χ1n) is 11.8. The molecule has 0 spiro atoms. The number of nitrogens with two attached hydrogens (primary N) is 2. The van der Waals surface area contributed by atoms with Gasteiger partial charge in [0.1, 0.15) is 4.90 Å². The molecule has 6 N–H and O–H groups in total. The second-order valence-electron chi connectivity index (χ2n) is 8.63. The molecule has 4 aromatic rings. The van der Waals surface area contributed by atoms with Gasteiger partial charge in [-0.3, -0.25) is 9.59 Å². The molecule has 0 aliphatic rings. The molecule has 8 nitrogen and oxygen atoms in total. The largest absolute Gasteiger partial charge is 0.481 e. The summed E-state index contributed by atoms with van der Waals surface area (Å²) in [5.41, 5.74) is 14.3. The first-order valence-corrected chi connectivity index (χ1v) is 13.3. The van der Waals surface area contributed by atoms with Gasteiger partial charge in [-0.1, -0.05) is 78.9 Å². The molecule has 9 heteroatoms. The average Bonchev–Trinajstić information content (AvgIpc) is 2.92. The van der Waals surface area contributed by atoms with Gasteiger partial charge in [-0.15, -0.1) is 0 Å². The first kappa shape index (κ1) is 26.4. The first-order chi connectivity index (χ1) is 18.2. The van der Waals surface area contributed by atoms with Crippen LogP contribution in [0.2, 0.25) is 0 Å². The van der Waals surface area contributed by atoms with E-state index in [-0.39, 0.29) is 57.2 Å². The average molecular weight is 530 g/mol. The second kappa shape index (κ2) is 11.2. The maximum absolute atomic E-state index is 13.8. The Morgan fingerprint density at radius 1 is 0.789 bits per heavy atom. The molecule has 0 saturated carbocycles. The van der Waals surface area contributed by atoms with Crippen molar-refractivity contribution < 1.29 is 23.1 Å². The smallest absolute Gasteiger partial charge is 0.303 e. The number of hydrogen-bond donors (Lipinski definition) is 4. The van der Waals surface area contributed by atoms with E-state index in [1.807, 2.05) is 30.3 Å². The molecule has 0 aromatic heterocycles. The molecule has 0 saturated heterocycles. The summed E-state index contributed by atoms with van der Waals surface area (Å²) in [6.07, 6.45) is -0.407. The predicted octanol–water partition coefficient (Wildman–Crippen LogP) is 4.30. The minimum absolute atomic E-state index is 0.0358. The Hall–Kier alpha value is -4.63. The summed E-state index contributed by atoms with van der Waals surface area (Å²) in [6.45, 7) is 0.156. The van der Waals surface area contributed by atoms with E-state index in [0.29, 0.717) is 5.56 Å². The van der Waals surface area contributed by atoms with Crippen LogP contribution in [0.1, 0.15) is 27.9 Å². The monoisotopic (exact) mass is 529 g/mol. The van der Waals surface area contributed by atoms with Crippen LogP contribution in [-0.2, 0) is 27.6 Å². The standard InChI is InChI=1S/C29H27N3O5S/c30-26-24(20-12-6-2-7-13-20)22(16-17-23(33)34)25(29(35)32-18-19-10-4-1-5-11-19)27(31)28(26)38(36,37)21-14-8-3-9-15-21/h1-15H,16-18,30-31H2,(H,32,35)(H,33,34). The van der Waals surface area contributed by atoms with Crippen molar-refractivity contribution in [3.05, 3.63) is 108 Å². The van der Waals surface area contributed by atoms with Crippen LogP contribution in [0.3, 0.4) is 0 Å². The molecule has 0 unspecified atom stereocenters. The Morgan fingerprint density at radius 3 is 1.92 bits per heavy atom. The van der Waals surface area contributed by atoms with Crippen LogP contribution in [0.5, 0.6) is 0 Å².